The summed E-state index contributed by atoms with van der Waals surface area (Å²) in [5, 5.41) is 11.4. The predicted octanol–water partition coefficient (Wildman–Crippen LogP) is 4.07. The molecule has 0 aromatic heterocycles. The van der Waals surface area contributed by atoms with Crippen molar-refractivity contribution in [2.45, 2.75) is 118 Å². The molecule has 4 aliphatic rings. The molecule has 84 heavy (non-hydrogen) atoms. The number of methoxy groups -OCH3 is 4. The van der Waals surface area contributed by atoms with Crippen LogP contribution in [-0.4, -0.2) is 162 Å². The van der Waals surface area contributed by atoms with Crippen LogP contribution in [-0.2, 0) is 66.8 Å². The van der Waals surface area contributed by atoms with E-state index in [2.05, 4.69) is 21.3 Å². The van der Waals surface area contributed by atoms with Crippen molar-refractivity contribution < 1.29 is 76.4 Å². The number of hydrogen-bond donors (Lipinski definition) is 6. The minimum atomic E-state index is -1.07. The topological polar surface area (TPSA) is 329 Å². The van der Waals surface area contributed by atoms with Crippen LogP contribution < -0.4 is 32.7 Å². The number of likely N-dealkylation sites (N-methyl/N-ethyl adjacent to an activating group) is 1. The Hall–Kier alpha value is -7.70. The summed E-state index contributed by atoms with van der Waals surface area (Å²) in [7, 11) is 7.35. The van der Waals surface area contributed by atoms with Crippen LogP contribution in [0.15, 0.2) is 117 Å². The van der Waals surface area contributed by atoms with E-state index in [4.69, 9.17) is 39.9 Å². The van der Waals surface area contributed by atoms with Crippen molar-refractivity contribution in [3.8, 4) is 0 Å². The molecule has 2 aliphatic heterocycles. The highest BCUT2D eigenvalue weighted by Crippen LogP contribution is 2.30. The van der Waals surface area contributed by atoms with Gasteiger partial charge in [-0.1, -0.05) is 76.3 Å². The van der Waals surface area contributed by atoms with Gasteiger partial charge in [-0.25, -0.2) is 9.59 Å². The van der Waals surface area contributed by atoms with E-state index in [1.54, 1.807) is 46.9 Å². The molecule has 23 heteroatoms. The summed E-state index contributed by atoms with van der Waals surface area (Å²) in [6.07, 6.45) is 6.78. The molecule has 458 valence electrons. The summed E-state index contributed by atoms with van der Waals surface area (Å²) in [6, 6.07) is 0. The van der Waals surface area contributed by atoms with Crippen LogP contribution >= 0.6 is 0 Å². The molecule has 10 atom stereocenters. The number of nitrogens with zero attached hydrogens (tertiary/aromatic N) is 1. The molecule has 0 unspecified atom stereocenters. The Kier molecular flexibility index (Phi) is 26.5. The number of primary amides is 2. The third-order valence-corrected chi connectivity index (χ3v) is 14.8. The fraction of sp³-hybridized carbons (Fsp3) is 0.508. The Morgan fingerprint density at radius 1 is 0.583 bits per heavy atom. The fourth-order valence-corrected chi connectivity index (χ4v) is 10.1. The van der Waals surface area contributed by atoms with Gasteiger partial charge in [-0.05, 0) is 83.4 Å². The first kappa shape index (κ1) is 68.8. The van der Waals surface area contributed by atoms with Gasteiger partial charge in [-0.3, -0.25) is 38.4 Å². The molecule has 8 N–H and O–H groups in total. The Labute approximate surface area is 491 Å². The predicted molar refractivity (Wildman–Crippen MR) is 311 cm³/mol. The standard InChI is InChI=1S/C61H83N7O16/c1-32-24-40-50(44(69)30-42(54(40)73)66-58(75)34(3)16-14-18-46(79-10)56(83-60(62)77)38(7)28-36(5)52(71)48(26-32)81-12)64-20-22-68(9)23-21-65-51-41-25-33(2)27-49(82-13)53(72)37(6)29-39(8)57(84-61(63)78)47(80-11)19-15-17-35(4)59(76)67-43(55(41)74)31-45(51)70/h14-19,28-33,36-37,46-49,56-57,64-65H,20-27H2,1-13H3,(H2,62,77)(H2,63,78)(H,66,75)(H,67,76)/b18-14-,19-15+,34-16+,35-17-,38-28+,39-29+/t32-,33-,36+,37+,46+,47+,48+,49+,56+,57+/m1/s1. The third-order valence-electron chi connectivity index (χ3n) is 14.8. The summed E-state index contributed by atoms with van der Waals surface area (Å²) in [5.41, 5.74) is 11.8. The van der Waals surface area contributed by atoms with Gasteiger partial charge in [-0.15, -0.1) is 0 Å². The number of rotatable bonds is 14. The highest BCUT2D eigenvalue weighted by molar-refractivity contribution is 6.24. The second-order valence-electron chi connectivity index (χ2n) is 21.6. The molecule has 0 aromatic rings. The van der Waals surface area contributed by atoms with Gasteiger partial charge in [0, 0.05) is 101 Å². The average molecular weight is 1170 g/mol. The Balaban J connectivity index is 1.59. The van der Waals surface area contributed by atoms with Gasteiger partial charge in [0.15, 0.2) is 23.8 Å². The van der Waals surface area contributed by atoms with Gasteiger partial charge < -0.3 is 66.1 Å². The normalized spacial score (nSPS) is 30.3. The van der Waals surface area contributed by atoms with Crippen molar-refractivity contribution in [1.82, 2.24) is 26.2 Å². The van der Waals surface area contributed by atoms with E-state index in [1.165, 1.54) is 78.7 Å². The van der Waals surface area contributed by atoms with Crippen LogP contribution in [0, 0.1) is 23.7 Å². The van der Waals surface area contributed by atoms with Crippen molar-refractivity contribution in [1.29, 1.82) is 0 Å². The fourth-order valence-electron chi connectivity index (χ4n) is 10.1. The quantitative estimate of drug-likeness (QED) is 0.105. The summed E-state index contributed by atoms with van der Waals surface area (Å²) in [6.45, 7) is 14.2. The number of hydrogen-bond acceptors (Lipinski definition) is 19. The van der Waals surface area contributed by atoms with E-state index in [9.17, 15) is 47.9 Å². The maximum atomic E-state index is 14.3. The van der Waals surface area contributed by atoms with Crippen molar-refractivity contribution in [2.75, 3.05) is 61.7 Å². The van der Waals surface area contributed by atoms with Gasteiger partial charge in [0.2, 0.25) is 23.1 Å². The van der Waals surface area contributed by atoms with Crippen molar-refractivity contribution in [3.63, 3.8) is 0 Å². The Bertz CT molecular complexity index is 2700. The number of carbonyl (C=O) groups is 10. The van der Waals surface area contributed by atoms with Gasteiger partial charge in [-0.2, -0.15) is 0 Å². The molecule has 0 aromatic carbocycles. The number of ether oxygens (including phenoxy) is 6. The van der Waals surface area contributed by atoms with E-state index in [0.717, 1.165) is 12.2 Å². The zero-order valence-electron chi connectivity index (χ0n) is 50.3. The van der Waals surface area contributed by atoms with Crippen LogP contribution in [0.25, 0.3) is 0 Å². The van der Waals surface area contributed by atoms with Gasteiger partial charge in [0.25, 0.3) is 11.8 Å². The number of nitrogens with one attached hydrogen (secondary N) is 4. The zero-order chi connectivity index (χ0) is 62.7. The monoisotopic (exact) mass is 1170 g/mol. The largest absolute Gasteiger partial charge is 0.439 e. The number of carbonyl (C=O) groups excluding carboxylic acids is 10. The molecule has 0 spiro atoms. The molecule has 0 radical (unpaired) electrons. The number of fused-ring (bicyclic) bond motifs is 4. The lowest BCUT2D eigenvalue weighted by atomic mass is 9.85. The SMILES string of the molecule is CO[C@H]1C[C@H](C)CC2=C(NCCN(C)CCNC3=C4C[C@@H](C)C[C@H](OC)C(=O)[C@@H](C)/C=C(\C)[C@H](OC(N)=O)[C@@H](OC)/C=C\C=C(/C)C(=O)NC(=CC3=O)C4=O)C(=O)C=C(NC(=O)/C(C)=C\C=C\[C@H](OC)[C@@H](OC(N)=O)/C(C)=C/[C@H](C)C1=O)C2=O. The highest BCUT2D eigenvalue weighted by atomic mass is 16.6. The molecular weight excluding hydrogens is 1090 g/mol. The van der Waals surface area contributed by atoms with Crippen LogP contribution in [0.2, 0.25) is 0 Å². The molecular formula is C61H83N7O16. The summed E-state index contributed by atoms with van der Waals surface area (Å²) in [4.78, 5) is 137. The molecule has 0 fully saturated rings. The lowest BCUT2D eigenvalue weighted by molar-refractivity contribution is -0.132. The minimum Gasteiger partial charge on any atom is -0.439 e. The third kappa shape index (κ3) is 19.2. The van der Waals surface area contributed by atoms with Crippen molar-refractivity contribution in [2.24, 2.45) is 35.1 Å². The molecule has 2 heterocycles. The summed E-state index contributed by atoms with van der Waals surface area (Å²) < 4.78 is 33.4. The molecule has 4 amide bonds. The Morgan fingerprint density at radius 3 is 1.26 bits per heavy atom. The number of ketones is 6. The molecule has 4 bridgehead atoms. The van der Waals surface area contributed by atoms with Crippen molar-refractivity contribution in [3.05, 3.63) is 117 Å². The second kappa shape index (κ2) is 32.4. The van der Waals surface area contributed by atoms with Crippen LogP contribution in [0.4, 0.5) is 9.59 Å². The second-order valence-corrected chi connectivity index (χ2v) is 21.6. The maximum Gasteiger partial charge on any atom is 0.405 e. The van der Waals surface area contributed by atoms with Crippen LogP contribution in [0.1, 0.15) is 81.1 Å². The van der Waals surface area contributed by atoms with Crippen LogP contribution in [0.5, 0.6) is 0 Å². The summed E-state index contributed by atoms with van der Waals surface area (Å²) in [5.74, 6) is -6.59. The van der Waals surface area contributed by atoms with E-state index in [1.807, 2.05) is 18.7 Å². The number of amides is 4. The first-order chi connectivity index (χ1) is 39.6. The average Bonchev–Trinajstić information content (AvgIpc) is 2.96. The van der Waals surface area contributed by atoms with E-state index >= 15 is 0 Å². The van der Waals surface area contributed by atoms with Gasteiger partial charge in [0.05, 0.1) is 22.8 Å². The lowest BCUT2D eigenvalue weighted by Crippen LogP contribution is -2.40. The van der Waals surface area contributed by atoms with Gasteiger partial charge in [0.1, 0.15) is 24.4 Å². The Morgan fingerprint density at radius 2 is 0.940 bits per heavy atom. The molecule has 4 rings (SSSR count). The van der Waals surface area contributed by atoms with E-state index in [-0.39, 0.29) is 95.4 Å². The maximum absolute atomic E-state index is 14.3. The van der Waals surface area contributed by atoms with E-state index < -0.39 is 107 Å². The lowest BCUT2D eigenvalue weighted by Gasteiger charge is -2.27. The number of allylic oxidation sites excluding steroid dienone is 10. The summed E-state index contributed by atoms with van der Waals surface area (Å²) >= 11 is 0. The van der Waals surface area contributed by atoms with Crippen molar-refractivity contribution >= 4 is 58.7 Å². The number of Topliss-reactive ketones (excluding diaryl/α,β-unsaturated/α-hetero) is 4. The van der Waals surface area contributed by atoms with Crippen LogP contribution in [0.3, 0.4) is 0 Å². The smallest absolute Gasteiger partial charge is 0.405 e. The molecule has 0 saturated carbocycles. The van der Waals surface area contributed by atoms with E-state index in [0.29, 0.717) is 24.2 Å². The molecule has 23 nitrogen and oxygen atoms in total. The van der Waals surface area contributed by atoms with Gasteiger partial charge >= 0.3 is 12.2 Å². The molecule has 0 saturated heterocycles. The minimum absolute atomic E-state index is 0.0118. The first-order valence-electron chi connectivity index (χ1n) is 27.7. The zero-order valence-corrected chi connectivity index (χ0v) is 50.3. The molecule has 2 aliphatic carbocycles. The highest BCUT2D eigenvalue weighted by Gasteiger charge is 2.36. The first-order valence-corrected chi connectivity index (χ1v) is 27.7. The number of nitrogens with two attached hydrogens (primary N) is 2.